The SMILES string of the molecule is C/C=C/[C@@H](C)B1O[C@H](C2CCCCC2)[C@@H](C2CCCCC2)O1. The van der Waals surface area contributed by atoms with Crippen molar-refractivity contribution in [3.05, 3.63) is 12.2 Å². The highest BCUT2D eigenvalue weighted by Crippen LogP contribution is 2.42. The number of allylic oxidation sites excluding steroid dienone is 2. The summed E-state index contributed by atoms with van der Waals surface area (Å²) in [5.41, 5.74) is 0. The smallest absolute Gasteiger partial charge is 0.405 e. The molecule has 2 aliphatic carbocycles. The molecule has 0 aromatic rings. The summed E-state index contributed by atoms with van der Waals surface area (Å²) < 4.78 is 13.0. The molecule has 1 heterocycles. The lowest BCUT2D eigenvalue weighted by atomic mass is 9.73. The first-order valence-corrected chi connectivity index (χ1v) is 9.73. The van der Waals surface area contributed by atoms with Gasteiger partial charge in [-0.15, -0.1) is 0 Å². The summed E-state index contributed by atoms with van der Waals surface area (Å²) in [6, 6.07) is 0. The van der Waals surface area contributed by atoms with Crippen LogP contribution in [0.4, 0.5) is 0 Å². The minimum absolute atomic E-state index is 0.0185. The summed E-state index contributed by atoms with van der Waals surface area (Å²) in [6.07, 6.45) is 18.8. The lowest BCUT2D eigenvalue weighted by molar-refractivity contribution is 0.0324. The Labute approximate surface area is 137 Å². The van der Waals surface area contributed by atoms with Gasteiger partial charge in [0.1, 0.15) is 0 Å². The fourth-order valence-electron chi connectivity index (χ4n) is 4.82. The molecule has 0 aromatic heterocycles. The van der Waals surface area contributed by atoms with Gasteiger partial charge in [0.2, 0.25) is 0 Å². The first kappa shape index (κ1) is 16.6. The highest BCUT2D eigenvalue weighted by molar-refractivity contribution is 6.47. The van der Waals surface area contributed by atoms with Crippen LogP contribution < -0.4 is 0 Å². The Morgan fingerprint density at radius 2 is 1.27 bits per heavy atom. The zero-order valence-electron chi connectivity index (χ0n) is 14.5. The van der Waals surface area contributed by atoms with E-state index in [-0.39, 0.29) is 7.12 Å². The minimum Gasteiger partial charge on any atom is -0.405 e. The third kappa shape index (κ3) is 3.79. The maximum atomic E-state index is 6.51. The molecule has 0 aromatic carbocycles. The van der Waals surface area contributed by atoms with E-state index < -0.39 is 0 Å². The van der Waals surface area contributed by atoms with Crippen LogP contribution >= 0.6 is 0 Å². The third-order valence-corrected chi connectivity index (χ3v) is 6.06. The second kappa shape index (κ2) is 8.01. The number of hydrogen-bond donors (Lipinski definition) is 0. The molecule has 22 heavy (non-hydrogen) atoms. The largest absolute Gasteiger partial charge is 0.464 e. The van der Waals surface area contributed by atoms with Crippen LogP contribution in [0.3, 0.4) is 0 Å². The van der Waals surface area contributed by atoms with Crippen LogP contribution in [0.2, 0.25) is 5.82 Å². The standard InChI is InChI=1S/C19H33BO2/c1-3-10-15(2)20-21-18(16-11-6-4-7-12-16)19(22-20)17-13-8-5-9-14-17/h3,10,15-19H,4-9,11-14H2,1-2H3/b10-3+/t15-,18-,19-/m1/s1. The Balaban J connectivity index is 1.70. The molecule has 3 fully saturated rings. The fraction of sp³-hybridized carbons (Fsp3) is 0.895. The zero-order chi connectivity index (χ0) is 15.4. The maximum Gasteiger partial charge on any atom is 0.464 e. The average Bonchev–Trinajstić information content (AvgIpc) is 3.02. The van der Waals surface area contributed by atoms with Crippen LogP contribution in [0, 0.1) is 11.8 Å². The van der Waals surface area contributed by atoms with E-state index >= 15 is 0 Å². The lowest BCUT2D eigenvalue weighted by Crippen LogP contribution is -2.38. The van der Waals surface area contributed by atoms with Crippen molar-refractivity contribution in [3.63, 3.8) is 0 Å². The molecule has 0 unspecified atom stereocenters. The zero-order valence-corrected chi connectivity index (χ0v) is 14.5. The summed E-state index contributed by atoms with van der Waals surface area (Å²) in [5.74, 6) is 1.84. The maximum absolute atomic E-state index is 6.51. The Morgan fingerprint density at radius 3 is 1.68 bits per heavy atom. The monoisotopic (exact) mass is 304 g/mol. The van der Waals surface area contributed by atoms with Crippen LogP contribution in [0.1, 0.15) is 78.1 Å². The molecule has 0 spiro atoms. The van der Waals surface area contributed by atoms with Crippen LogP contribution in [0.5, 0.6) is 0 Å². The van der Waals surface area contributed by atoms with Gasteiger partial charge in [-0.1, -0.05) is 57.6 Å². The van der Waals surface area contributed by atoms with Gasteiger partial charge in [0.05, 0.1) is 12.2 Å². The number of rotatable bonds is 4. The first-order valence-electron chi connectivity index (χ1n) is 9.73. The summed E-state index contributed by atoms with van der Waals surface area (Å²) in [6.45, 7) is 4.31. The Morgan fingerprint density at radius 1 is 0.818 bits per heavy atom. The molecular formula is C19H33BO2. The van der Waals surface area contributed by atoms with Gasteiger partial charge in [-0.3, -0.25) is 0 Å². The summed E-state index contributed by atoms with van der Waals surface area (Å²) >= 11 is 0. The van der Waals surface area contributed by atoms with E-state index in [1.54, 1.807) is 0 Å². The van der Waals surface area contributed by atoms with E-state index in [2.05, 4.69) is 26.0 Å². The van der Waals surface area contributed by atoms with Crippen molar-refractivity contribution in [2.75, 3.05) is 0 Å². The van der Waals surface area contributed by atoms with Crippen molar-refractivity contribution in [2.24, 2.45) is 11.8 Å². The first-order chi connectivity index (χ1) is 10.8. The van der Waals surface area contributed by atoms with E-state index in [1.807, 2.05) is 0 Å². The summed E-state index contributed by atoms with van der Waals surface area (Å²) in [7, 11) is -0.0185. The van der Waals surface area contributed by atoms with Gasteiger partial charge in [0.25, 0.3) is 0 Å². The lowest BCUT2D eigenvalue weighted by Gasteiger charge is -2.35. The molecule has 0 N–H and O–H groups in total. The van der Waals surface area contributed by atoms with Gasteiger partial charge < -0.3 is 9.31 Å². The van der Waals surface area contributed by atoms with Crippen LogP contribution in [0.25, 0.3) is 0 Å². The van der Waals surface area contributed by atoms with Crippen molar-refractivity contribution in [3.8, 4) is 0 Å². The van der Waals surface area contributed by atoms with Gasteiger partial charge >= 0.3 is 7.12 Å². The summed E-state index contributed by atoms with van der Waals surface area (Å²) in [5, 5.41) is 0. The van der Waals surface area contributed by atoms with Crippen LogP contribution in [-0.4, -0.2) is 19.3 Å². The molecule has 3 atom stereocenters. The topological polar surface area (TPSA) is 18.5 Å². The molecule has 3 heteroatoms. The van der Waals surface area contributed by atoms with Gasteiger partial charge in [0.15, 0.2) is 0 Å². The molecule has 0 radical (unpaired) electrons. The molecule has 124 valence electrons. The quantitative estimate of drug-likeness (QED) is 0.512. The van der Waals surface area contributed by atoms with Gasteiger partial charge in [-0.2, -0.15) is 0 Å². The van der Waals surface area contributed by atoms with E-state index in [1.165, 1.54) is 64.2 Å². The Kier molecular flexibility index (Phi) is 6.04. The van der Waals surface area contributed by atoms with Crippen molar-refractivity contribution in [2.45, 2.75) is 96.1 Å². The van der Waals surface area contributed by atoms with Crippen LogP contribution in [-0.2, 0) is 9.31 Å². The number of hydrogen-bond acceptors (Lipinski definition) is 2. The molecule has 0 amide bonds. The second-order valence-corrected chi connectivity index (χ2v) is 7.75. The van der Waals surface area contributed by atoms with Crippen molar-refractivity contribution >= 4 is 7.12 Å². The normalized spacial score (nSPS) is 33.6. The summed E-state index contributed by atoms with van der Waals surface area (Å²) in [4.78, 5) is 0. The van der Waals surface area contributed by atoms with E-state index in [0.717, 1.165) is 11.8 Å². The Hall–Kier alpha value is -0.275. The molecule has 2 nitrogen and oxygen atoms in total. The molecule has 3 rings (SSSR count). The van der Waals surface area contributed by atoms with Crippen LogP contribution in [0.15, 0.2) is 12.2 Å². The highest BCUT2D eigenvalue weighted by atomic mass is 16.7. The highest BCUT2D eigenvalue weighted by Gasteiger charge is 2.48. The van der Waals surface area contributed by atoms with Crippen molar-refractivity contribution in [1.29, 1.82) is 0 Å². The minimum atomic E-state index is -0.0185. The average molecular weight is 304 g/mol. The fourth-order valence-corrected chi connectivity index (χ4v) is 4.82. The predicted molar refractivity (Wildman–Crippen MR) is 92.9 cm³/mol. The molecule has 1 saturated heterocycles. The molecule has 2 saturated carbocycles. The predicted octanol–water partition coefficient (Wildman–Crippen LogP) is 5.39. The molecular weight excluding hydrogens is 271 g/mol. The van der Waals surface area contributed by atoms with E-state index in [9.17, 15) is 0 Å². The molecule has 0 bridgehead atoms. The van der Waals surface area contributed by atoms with Gasteiger partial charge in [-0.05, 0) is 44.4 Å². The molecule has 1 aliphatic heterocycles. The second-order valence-electron chi connectivity index (χ2n) is 7.75. The van der Waals surface area contributed by atoms with E-state index in [0.29, 0.717) is 18.0 Å². The Bertz CT molecular complexity index is 332. The molecule has 3 aliphatic rings. The van der Waals surface area contributed by atoms with Crippen molar-refractivity contribution < 1.29 is 9.31 Å². The van der Waals surface area contributed by atoms with E-state index in [4.69, 9.17) is 9.31 Å². The van der Waals surface area contributed by atoms with Gasteiger partial charge in [0, 0.05) is 5.82 Å². The van der Waals surface area contributed by atoms with Crippen molar-refractivity contribution in [1.82, 2.24) is 0 Å². The van der Waals surface area contributed by atoms with Gasteiger partial charge in [-0.25, -0.2) is 0 Å². The third-order valence-electron chi connectivity index (χ3n) is 6.06.